The fraction of sp³-hybridized carbons (Fsp3) is 0.471. The van der Waals surface area contributed by atoms with E-state index < -0.39 is 10.0 Å². The van der Waals surface area contributed by atoms with Crippen molar-refractivity contribution in [2.24, 2.45) is 0 Å². The highest BCUT2D eigenvalue weighted by molar-refractivity contribution is 7.89. The van der Waals surface area contributed by atoms with Crippen molar-refractivity contribution in [1.29, 1.82) is 0 Å². The Labute approximate surface area is 152 Å². The number of aromatic amines is 1. The molecular weight excluding hydrogens is 356 g/mol. The summed E-state index contributed by atoms with van der Waals surface area (Å²) >= 11 is 0. The van der Waals surface area contributed by atoms with E-state index in [4.69, 9.17) is 9.47 Å². The fourth-order valence-electron chi connectivity index (χ4n) is 3.28. The third kappa shape index (κ3) is 3.17. The van der Waals surface area contributed by atoms with Gasteiger partial charge >= 0.3 is 0 Å². The van der Waals surface area contributed by atoms with Gasteiger partial charge in [-0.2, -0.15) is 4.31 Å². The number of nitrogens with one attached hydrogen (secondary N) is 1. The predicted octanol–water partition coefficient (Wildman–Crippen LogP) is 1.25. The van der Waals surface area contributed by atoms with Crippen molar-refractivity contribution in [3.8, 4) is 11.5 Å². The van der Waals surface area contributed by atoms with Crippen LogP contribution in [0.15, 0.2) is 35.5 Å². The summed E-state index contributed by atoms with van der Waals surface area (Å²) in [6, 6.07) is 4.72. The predicted molar refractivity (Wildman–Crippen MR) is 94.8 cm³/mol. The average molecular weight is 378 g/mol. The topological polar surface area (TPSA) is 87.8 Å². The highest BCUT2D eigenvalue weighted by Crippen LogP contribution is 2.34. The Bertz CT molecular complexity index is 869. The first-order chi connectivity index (χ1) is 12.6. The van der Waals surface area contributed by atoms with Crippen molar-refractivity contribution in [2.75, 3.05) is 39.9 Å². The monoisotopic (exact) mass is 378 g/mol. The van der Waals surface area contributed by atoms with E-state index in [-0.39, 0.29) is 10.9 Å². The molecule has 1 aromatic carbocycles. The number of fused-ring (bicyclic) bond motifs is 1. The van der Waals surface area contributed by atoms with Crippen LogP contribution in [0.3, 0.4) is 0 Å². The lowest BCUT2D eigenvalue weighted by atomic mass is 10.2. The maximum absolute atomic E-state index is 13.2. The minimum atomic E-state index is -3.63. The zero-order chi connectivity index (χ0) is 18.1. The van der Waals surface area contributed by atoms with Crippen LogP contribution in [0.25, 0.3) is 0 Å². The van der Waals surface area contributed by atoms with Crippen LogP contribution in [0, 0.1) is 0 Å². The number of aromatic nitrogens is 2. The number of likely N-dealkylation sites (N-methyl/N-ethyl adjacent to an activating group) is 1. The van der Waals surface area contributed by atoms with Crippen LogP contribution >= 0.6 is 0 Å². The van der Waals surface area contributed by atoms with Gasteiger partial charge in [-0.25, -0.2) is 13.4 Å². The van der Waals surface area contributed by atoms with Crippen molar-refractivity contribution >= 4 is 10.0 Å². The van der Waals surface area contributed by atoms with E-state index in [9.17, 15) is 8.42 Å². The molecule has 0 spiro atoms. The molecule has 3 heterocycles. The molecule has 0 aliphatic carbocycles. The molecule has 0 amide bonds. The van der Waals surface area contributed by atoms with Crippen LogP contribution in [0.4, 0.5) is 0 Å². The SMILES string of the molecule is CN1CCN(S(=O)(=O)c2ccc3c(c2)OCCCO3)CC1c1ncc[nH]1. The molecular formula is C17H22N4O4S. The molecule has 1 atom stereocenters. The molecule has 8 nitrogen and oxygen atoms in total. The normalized spacial score (nSPS) is 22.1. The van der Waals surface area contributed by atoms with E-state index in [2.05, 4.69) is 14.9 Å². The van der Waals surface area contributed by atoms with Gasteiger partial charge < -0.3 is 14.5 Å². The maximum Gasteiger partial charge on any atom is 0.243 e. The molecule has 1 unspecified atom stereocenters. The standard InChI is InChI=1S/C17H22N4O4S/c1-20-7-8-21(12-14(20)17-18-5-6-19-17)26(22,23)13-3-4-15-16(11-13)25-10-2-9-24-15/h3-6,11,14H,2,7-10,12H2,1H3,(H,18,19). The van der Waals surface area contributed by atoms with Crippen LogP contribution in [-0.2, 0) is 10.0 Å². The molecule has 0 radical (unpaired) electrons. The van der Waals surface area contributed by atoms with Gasteiger partial charge in [0.15, 0.2) is 11.5 Å². The first-order valence-corrected chi connectivity index (χ1v) is 10.1. The van der Waals surface area contributed by atoms with Gasteiger partial charge in [-0.1, -0.05) is 0 Å². The Balaban J connectivity index is 1.61. The first-order valence-electron chi connectivity index (χ1n) is 8.65. The minimum Gasteiger partial charge on any atom is -0.490 e. The van der Waals surface area contributed by atoms with E-state index in [1.165, 1.54) is 4.31 Å². The second-order valence-electron chi connectivity index (χ2n) is 6.49. The Morgan fingerprint density at radius 1 is 1.19 bits per heavy atom. The quantitative estimate of drug-likeness (QED) is 0.865. The zero-order valence-electron chi connectivity index (χ0n) is 14.6. The van der Waals surface area contributed by atoms with Crippen molar-refractivity contribution in [1.82, 2.24) is 19.2 Å². The average Bonchev–Trinajstić information content (AvgIpc) is 3.06. The number of ether oxygens (including phenoxy) is 2. The summed E-state index contributed by atoms with van der Waals surface area (Å²) in [5.74, 6) is 1.85. The Morgan fingerprint density at radius 2 is 2.00 bits per heavy atom. The van der Waals surface area contributed by atoms with Crippen LogP contribution in [0.1, 0.15) is 18.3 Å². The van der Waals surface area contributed by atoms with Crippen molar-refractivity contribution in [3.63, 3.8) is 0 Å². The lowest BCUT2D eigenvalue weighted by molar-refractivity contribution is 0.142. The molecule has 1 fully saturated rings. The maximum atomic E-state index is 13.2. The minimum absolute atomic E-state index is 0.103. The highest BCUT2D eigenvalue weighted by atomic mass is 32.2. The molecule has 2 aliphatic rings. The summed E-state index contributed by atoms with van der Waals surface area (Å²) < 4.78 is 39.1. The van der Waals surface area contributed by atoms with Gasteiger partial charge in [0, 0.05) is 44.5 Å². The van der Waals surface area contributed by atoms with Crippen molar-refractivity contribution in [3.05, 3.63) is 36.4 Å². The lowest BCUT2D eigenvalue weighted by Gasteiger charge is -2.37. The Morgan fingerprint density at radius 3 is 2.77 bits per heavy atom. The molecule has 4 rings (SSSR count). The van der Waals surface area contributed by atoms with Crippen LogP contribution in [-0.4, -0.2) is 67.5 Å². The summed E-state index contributed by atoms with van der Waals surface area (Å²) in [5.41, 5.74) is 0. The Hall–Kier alpha value is -2.10. The number of sulfonamides is 1. The van der Waals surface area contributed by atoms with Gasteiger partial charge in [0.05, 0.1) is 24.2 Å². The summed E-state index contributed by atoms with van der Waals surface area (Å²) in [7, 11) is -1.65. The van der Waals surface area contributed by atoms with E-state index in [1.807, 2.05) is 7.05 Å². The van der Waals surface area contributed by atoms with Gasteiger partial charge in [-0.15, -0.1) is 0 Å². The number of nitrogens with zero attached hydrogens (tertiary/aromatic N) is 3. The van der Waals surface area contributed by atoms with Gasteiger partial charge in [0.25, 0.3) is 0 Å². The summed E-state index contributed by atoms with van der Waals surface area (Å²) in [6.07, 6.45) is 4.21. The van der Waals surface area contributed by atoms with E-state index in [0.29, 0.717) is 44.3 Å². The number of H-pyrrole nitrogens is 1. The molecule has 0 saturated carbocycles. The molecule has 0 bridgehead atoms. The molecule has 2 aliphatic heterocycles. The largest absolute Gasteiger partial charge is 0.490 e. The summed E-state index contributed by atoms with van der Waals surface area (Å²) in [6.45, 7) is 2.51. The summed E-state index contributed by atoms with van der Waals surface area (Å²) in [4.78, 5) is 9.71. The zero-order valence-corrected chi connectivity index (χ0v) is 15.4. The molecule has 26 heavy (non-hydrogen) atoms. The fourth-order valence-corrected chi connectivity index (χ4v) is 4.73. The Kier molecular flexibility index (Phi) is 4.60. The van der Waals surface area contributed by atoms with Crippen LogP contribution in [0.5, 0.6) is 11.5 Å². The smallest absolute Gasteiger partial charge is 0.243 e. The molecule has 1 N–H and O–H groups in total. The van der Waals surface area contributed by atoms with E-state index in [1.54, 1.807) is 30.6 Å². The van der Waals surface area contributed by atoms with E-state index in [0.717, 1.165) is 12.2 Å². The molecule has 1 saturated heterocycles. The van der Waals surface area contributed by atoms with Gasteiger partial charge in [0.1, 0.15) is 5.82 Å². The number of piperazine rings is 1. The number of hydrogen-bond donors (Lipinski definition) is 1. The molecule has 9 heteroatoms. The summed E-state index contributed by atoms with van der Waals surface area (Å²) in [5, 5.41) is 0. The van der Waals surface area contributed by atoms with Crippen molar-refractivity contribution in [2.45, 2.75) is 17.4 Å². The van der Waals surface area contributed by atoms with E-state index >= 15 is 0 Å². The lowest BCUT2D eigenvalue weighted by Crippen LogP contribution is -2.49. The number of benzene rings is 1. The third-order valence-electron chi connectivity index (χ3n) is 4.80. The number of imidazole rings is 1. The molecule has 2 aromatic rings. The highest BCUT2D eigenvalue weighted by Gasteiger charge is 2.35. The second-order valence-corrected chi connectivity index (χ2v) is 8.43. The van der Waals surface area contributed by atoms with Crippen LogP contribution in [0.2, 0.25) is 0 Å². The van der Waals surface area contributed by atoms with Gasteiger partial charge in [-0.05, 0) is 19.2 Å². The third-order valence-corrected chi connectivity index (χ3v) is 6.66. The molecule has 140 valence electrons. The molecule has 1 aromatic heterocycles. The number of rotatable bonds is 3. The van der Waals surface area contributed by atoms with Crippen LogP contribution < -0.4 is 9.47 Å². The second kappa shape index (κ2) is 6.90. The number of hydrogen-bond acceptors (Lipinski definition) is 6. The first kappa shape index (κ1) is 17.3. The van der Waals surface area contributed by atoms with Crippen molar-refractivity contribution < 1.29 is 17.9 Å². The van der Waals surface area contributed by atoms with Gasteiger partial charge in [-0.3, -0.25) is 4.90 Å². The van der Waals surface area contributed by atoms with Gasteiger partial charge in [0.2, 0.25) is 10.0 Å².